The third-order valence-electron chi connectivity index (χ3n) is 2.74. The van der Waals surface area contributed by atoms with Crippen LogP contribution in [0.3, 0.4) is 0 Å². The Kier molecular flexibility index (Phi) is 6.68. The van der Waals surface area contributed by atoms with E-state index in [-0.39, 0.29) is 6.10 Å². The second kappa shape index (κ2) is 7.77. The number of benzene rings is 1. The summed E-state index contributed by atoms with van der Waals surface area (Å²) in [4.78, 5) is 2.10. The zero-order valence-electron chi connectivity index (χ0n) is 11.4. The van der Waals surface area contributed by atoms with Crippen LogP contribution in [-0.4, -0.2) is 31.3 Å². The molecule has 1 unspecified atom stereocenters. The van der Waals surface area contributed by atoms with Crippen LogP contribution in [-0.2, 0) is 6.54 Å². The molecule has 0 spiro atoms. The molecule has 2 N–H and O–H groups in total. The first-order valence-corrected chi connectivity index (χ1v) is 7.22. The van der Waals surface area contributed by atoms with Crippen LogP contribution in [0.4, 0.5) is 5.69 Å². The van der Waals surface area contributed by atoms with Gasteiger partial charge in [0, 0.05) is 30.3 Å². The third-order valence-corrected chi connectivity index (χ3v) is 3.23. The first-order valence-electron chi connectivity index (χ1n) is 6.43. The van der Waals surface area contributed by atoms with Crippen LogP contribution in [0, 0.1) is 0 Å². The average Bonchev–Trinajstić information content (AvgIpc) is 2.30. The van der Waals surface area contributed by atoms with E-state index in [9.17, 15) is 5.11 Å². The Labute approximate surface area is 118 Å². The first kappa shape index (κ1) is 15.5. The summed E-state index contributed by atoms with van der Waals surface area (Å²) in [5, 5.41) is 12.9. The van der Waals surface area contributed by atoms with Crippen molar-refractivity contribution in [1.29, 1.82) is 0 Å². The minimum atomic E-state index is -0.328. The van der Waals surface area contributed by atoms with Crippen LogP contribution < -0.4 is 10.2 Å². The molecule has 102 valence electrons. The monoisotopic (exact) mass is 314 g/mol. The number of nitrogens with one attached hydrogen (secondary N) is 1. The van der Waals surface area contributed by atoms with Crippen LogP contribution in [0.15, 0.2) is 22.7 Å². The van der Waals surface area contributed by atoms with Gasteiger partial charge in [0.05, 0.1) is 6.10 Å². The summed E-state index contributed by atoms with van der Waals surface area (Å²) < 4.78 is 1.06. The molecule has 0 aliphatic rings. The SMILES string of the molecule is CCCNCc1ccc(Br)cc1N(C)CC(C)O. The van der Waals surface area contributed by atoms with Gasteiger partial charge < -0.3 is 15.3 Å². The lowest BCUT2D eigenvalue weighted by Gasteiger charge is -2.24. The summed E-state index contributed by atoms with van der Waals surface area (Å²) in [6.07, 6.45) is 0.806. The molecular weight excluding hydrogens is 292 g/mol. The van der Waals surface area contributed by atoms with Gasteiger partial charge in [0.25, 0.3) is 0 Å². The third kappa shape index (κ3) is 4.96. The second-order valence-electron chi connectivity index (χ2n) is 4.68. The van der Waals surface area contributed by atoms with Crippen LogP contribution >= 0.6 is 15.9 Å². The number of aliphatic hydroxyl groups excluding tert-OH is 1. The number of anilines is 1. The smallest absolute Gasteiger partial charge is 0.0686 e. The topological polar surface area (TPSA) is 35.5 Å². The standard InChI is InChI=1S/C14H23BrN2O/c1-4-7-16-9-12-5-6-13(15)8-14(12)17(3)10-11(2)18/h5-6,8,11,16,18H,4,7,9-10H2,1-3H3. The molecule has 4 heteroatoms. The highest BCUT2D eigenvalue weighted by atomic mass is 79.9. The fourth-order valence-electron chi connectivity index (χ4n) is 1.94. The van der Waals surface area contributed by atoms with Gasteiger partial charge in [-0.2, -0.15) is 0 Å². The molecule has 0 saturated carbocycles. The summed E-state index contributed by atoms with van der Waals surface area (Å²) in [6, 6.07) is 6.29. The van der Waals surface area contributed by atoms with Crippen molar-refractivity contribution < 1.29 is 5.11 Å². The van der Waals surface area contributed by atoms with Crippen LogP contribution in [0.1, 0.15) is 25.8 Å². The van der Waals surface area contributed by atoms with E-state index in [1.54, 1.807) is 0 Å². The van der Waals surface area contributed by atoms with Gasteiger partial charge in [0.1, 0.15) is 0 Å². The summed E-state index contributed by atoms with van der Waals surface area (Å²) in [5.74, 6) is 0. The summed E-state index contributed by atoms with van der Waals surface area (Å²) in [7, 11) is 2.01. The van der Waals surface area contributed by atoms with Gasteiger partial charge in [-0.15, -0.1) is 0 Å². The molecule has 1 aromatic carbocycles. The highest BCUT2D eigenvalue weighted by Crippen LogP contribution is 2.24. The molecule has 3 nitrogen and oxygen atoms in total. The summed E-state index contributed by atoms with van der Waals surface area (Å²) in [6.45, 7) is 6.49. The van der Waals surface area contributed by atoms with Crippen molar-refractivity contribution >= 4 is 21.6 Å². The molecule has 0 aliphatic heterocycles. The van der Waals surface area contributed by atoms with Gasteiger partial charge in [-0.05, 0) is 37.6 Å². The molecule has 0 aromatic heterocycles. The lowest BCUT2D eigenvalue weighted by Crippen LogP contribution is -2.28. The Morgan fingerprint density at radius 1 is 1.44 bits per heavy atom. The molecule has 1 aromatic rings. The number of likely N-dealkylation sites (N-methyl/N-ethyl adjacent to an activating group) is 1. The Morgan fingerprint density at radius 2 is 2.17 bits per heavy atom. The normalized spacial score (nSPS) is 12.5. The zero-order chi connectivity index (χ0) is 13.5. The van der Waals surface area contributed by atoms with E-state index in [0.717, 1.165) is 29.7 Å². The van der Waals surface area contributed by atoms with Crippen molar-refractivity contribution in [2.24, 2.45) is 0 Å². The van der Waals surface area contributed by atoms with Gasteiger partial charge in [-0.25, -0.2) is 0 Å². The largest absolute Gasteiger partial charge is 0.392 e. The van der Waals surface area contributed by atoms with Crippen LogP contribution in [0.25, 0.3) is 0 Å². The molecule has 0 bridgehead atoms. The maximum Gasteiger partial charge on any atom is 0.0686 e. The van der Waals surface area contributed by atoms with Crippen molar-refractivity contribution in [3.8, 4) is 0 Å². The van der Waals surface area contributed by atoms with E-state index in [0.29, 0.717) is 6.54 Å². The van der Waals surface area contributed by atoms with Crippen molar-refractivity contribution in [2.45, 2.75) is 32.9 Å². The van der Waals surface area contributed by atoms with Gasteiger partial charge in [0.2, 0.25) is 0 Å². The predicted octanol–water partition coefficient (Wildman–Crippen LogP) is 2.77. The molecule has 0 fully saturated rings. The lowest BCUT2D eigenvalue weighted by atomic mass is 10.1. The van der Waals surface area contributed by atoms with Crippen LogP contribution in [0.2, 0.25) is 0 Å². The number of aliphatic hydroxyl groups is 1. The highest BCUT2D eigenvalue weighted by molar-refractivity contribution is 9.10. The van der Waals surface area contributed by atoms with Crippen molar-refractivity contribution in [3.63, 3.8) is 0 Å². The Morgan fingerprint density at radius 3 is 2.78 bits per heavy atom. The number of hydrogen-bond acceptors (Lipinski definition) is 3. The van der Waals surface area contributed by atoms with Crippen molar-refractivity contribution in [2.75, 3.05) is 25.0 Å². The van der Waals surface area contributed by atoms with Gasteiger partial charge in [-0.1, -0.05) is 28.9 Å². The fourth-order valence-corrected chi connectivity index (χ4v) is 2.29. The van der Waals surface area contributed by atoms with Crippen LogP contribution in [0.5, 0.6) is 0 Å². The number of nitrogens with zero attached hydrogens (tertiary/aromatic N) is 1. The quantitative estimate of drug-likeness (QED) is 0.760. The minimum absolute atomic E-state index is 0.328. The minimum Gasteiger partial charge on any atom is -0.392 e. The molecule has 0 saturated heterocycles. The summed E-state index contributed by atoms with van der Waals surface area (Å²) >= 11 is 3.50. The van der Waals surface area contributed by atoms with E-state index in [1.807, 2.05) is 14.0 Å². The average molecular weight is 315 g/mol. The van der Waals surface area contributed by atoms with E-state index < -0.39 is 0 Å². The Bertz CT molecular complexity index is 369. The first-order chi connectivity index (χ1) is 8.54. The van der Waals surface area contributed by atoms with Gasteiger partial charge in [0.15, 0.2) is 0 Å². The maximum atomic E-state index is 9.49. The fraction of sp³-hybridized carbons (Fsp3) is 0.571. The molecule has 1 rings (SSSR count). The van der Waals surface area contributed by atoms with Gasteiger partial charge in [-0.3, -0.25) is 0 Å². The molecule has 0 radical (unpaired) electrons. The van der Waals surface area contributed by atoms with Crippen molar-refractivity contribution in [1.82, 2.24) is 5.32 Å². The highest BCUT2D eigenvalue weighted by Gasteiger charge is 2.10. The molecule has 1 atom stereocenters. The van der Waals surface area contributed by atoms with E-state index in [2.05, 4.69) is 51.3 Å². The predicted molar refractivity (Wildman–Crippen MR) is 81.1 cm³/mol. The second-order valence-corrected chi connectivity index (χ2v) is 5.60. The molecular formula is C14H23BrN2O. The molecule has 0 aliphatic carbocycles. The number of halogens is 1. The number of rotatable bonds is 7. The zero-order valence-corrected chi connectivity index (χ0v) is 13.0. The Balaban J connectivity index is 2.81. The van der Waals surface area contributed by atoms with E-state index in [4.69, 9.17) is 0 Å². The van der Waals surface area contributed by atoms with Crippen molar-refractivity contribution in [3.05, 3.63) is 28.2 Å². The molecule has 0 heterocycles. The van der Waals surface area contributed by atoms with Gasteiger partial charge >= 0.3 is 0 Å². The maximum absolute atomic E-state index is 9.49. The van der Waals surface area contributed by atoms with E-state index in [1.165, 1.54) is 5.56 Å². The molecule has 18 heavy (non-hydrogen) atoms. The number of hydrogen-bond donors (Lipinski definition) is 2. The lowest BCUT2D eigenvalue weighted by molar-refractivity contribution is 0.201. The Hall–Kier alpha value is -0.580. The summed E-state index contributed by atoms with van der Waals surface area (Å²) in [5.41, 5.74) is 2.42. The molecule has 0 amide bonds. The van der Waals surface area contributed by atoms with E-state index >= 15 is 0 Å².